The highest BCUT2D eigenvalue weighted by molar-refractivity contribution is 5.30. The summed E-state index contributed by atoms with van der Waals surface area (Å²) in [6.07, 6.45) is 26.2. The van der Waals surface area contributed by atoms with Crippen molar-refractivity contribution in [3.05, 3.63) is 34.9 Å². The van der Waals surface area contributed by atoms with Crippen LogP contribution in [0.1, 0.15) is 140 Å². The number of hydrogen-bond acceptors (Lipinski definition) is 0. The Morgan fingerprint density at radius 2 is 0.607 bits per heavy atom. The molecule has 0 atom stereocenters. The Hall–Kier alpha value is -0.780. The zero-order chi connectivity index (χ0) is 20.3. The second kappa shape index (κ2) is 18.3. The third-order valence-corrected chi connectivity index (χ3v) is 6.07. The van der Waals surface area contributed by atoms with Crippen molar-refractivity contribution < 1.29 is 0 Å². The van der Waals surface area contributed by atoms with Gasteiger partial charge in [0.15, 0.2) is 0 Å². The fraction of sp³-hybridized carbons (Fsp3) is 0.786. The van der Waals surface area contributed by atoms with Gasteiger partial charge in [-0.05, 0) is 55.2 Å². The first kappa shape index (κ1) is 25.3. The summed E-state index contributed by atoms with van der Waals surface area (Å²) in [4.78, 5) is 0. The molecule has 162 valence electrons. The highest BCUT2D eigenvalue weighted by atomic mass is 14.1. The van der Waals surface area contributed by atoms with Crippen LogP contribution in [0.3, 0.4) is 0 Å². The van der Waals surface area contributed by atoms with E-state index in [9.17, 15) is 0 Å². The van der Waals surface area contributed by atoms with Crippen LogP contribution in [-0.2, 0) is 19.3 Å². The first-order valence-corrected chi connectivity index (χ1v) is 12.9. The fourth-order valence-corrected chi connectivity index (χ4v) is 4.25. The van der Waals surface area contributed by atoms with Crippen molar-refractivity contribution in [1.82, 2.24) is 0 Å². The third-order valence-electron chi connectivity index (χ3n) is 6.07. The molecular formula is C28H50. The standard InChI is InChI=1S/C28H50/c1-4-7-10-13-14-15-16-19-22-28-24-26(20-17-11-8-5-2)23-27(25-28)21-18-12-9-6-3/h23-25H,4-22H2,1-3H3. The Bertz CT molecular complexity index is 429. The molecule has 1 rings (SSSR count). The van der Waals surface area contributed by atoms with E-state index in [0.29, 0.717) is 0 Å². The molecule has 0 saturated carbocycles. The van der Waals surface area contributed by atoms with Crippen molar-refractivity contribution in [3.63, 3.8) is 0 Å². The van der Waals surface area contributed by atoms with Crippen LogP contribution in [0.4, 0.5) is 0 Å². The molecule has 0 fully saturated rings. The Labute approximate surface area is 177 Å². The van der Waals surface area contributed by atoms with Crippen LogP contribution in [0.5, 0.6) is 0 Å². The summed E-state index contributed by atoms with van der Waals surface area (Å²) < 4.78 is 0. The summed E-state index contributed by atoms with van der Waals surface area (Å²) in [5.74, 6) is 0. The van der Waals surface area contributed by atoms with Gasteiger partial charge in [0.1, 0.15) is 0 Å². The molecule has 0 nitrogen and oxygen atoms in total. The van der Waals surface area contributed by atoms with Gasteiger partial charge in [-0.2, -0.15) is 0 Å². The number of aryl methyl sites for hydroxylation is 3. The molecule has 0 aliphatic heterocycles. The predicted molar refractivity (Wildman–Crippen MR) is 128 cm³/mol. The zero-order valence-electron chi connectivity index (χ0n) is 19.7. The lowest BCUT2D eigenvalue weighted by molar-refractivity contribution is 0.575. The normalized spacial score (nSPS) is 11.2. The van der Waals surface area contributed by atoms with Crippen LogP contribution < -0.4 is 0 Å². The van der Waals surface area contributed by atoms with E-state index in [4.69, 9.17) is 0 Å². The quantitative estimate of drug-likeness (QED) is 0.208. The molecular weight excluding hydrogens is 336 g/mol. The third kappa shape index (κ3) is 13.4. The van der Waals surface area contributed by atoms with Gasteiger partial charge in [0, 0.05) is 0 Å². The number of benzene rings is 1. The molecule has 0 unspecified atom stereocenters. The Kier molecular flexibility index (Phi) is 16.5. The summed E-state index contributed by atoms with van der Waals surface area (Å²) in [6.45, 7) is 6.91. The van der Waals surface area contributed by atoms with Crippen LogP contribution in [0, 0.1) is 0 Å². The number of unbranched alkanes of at least 4 members (excludes halogenated alkanes) is 13. The van der Waals surface area contributed by atoms with Crippen molar-refractivity contribution in [2.75, 3.05) is 0 Å². The minimum atomic E-state index is 1.28. The number of hydrogen-bond donors (Lipinski definition) is 0. The molecule has 0 saturated heterocycles. The van der Waals surface area contributed by atoms with Crippen molar-refractivity contribution in [1.29, 1.82) is 0 Å². The summed E-state index contributed by atoms with van der Waals surface area (Å²) in [7, 11) is 0. The molecule has 0 aliphatic rings. The average Bonchev–Trinajstić information content (AvgIpc) is 2.70. The SMILES string of the molecule is CCCCCCCCCCc1cc(CCCCCC)cc(CCCCCC)c1. The maximum Gasteiger partial charge on any atom is -0.0279 e. The van der Waals surface area contributed by atoms with Crippen LogP contribution in [0.2, 0.25) is 0 Å². The first-order chi connectivity index (χ1) is 13.8. The van der Waals surface area contributed by atoms with Gasteiger partial charge in [0.05, 0.1) is 0 Å². The Balaban J connectivity index is 2.44. The monoisotopic (exact) mass is 386 g/mol. The minimum Gasteiger partial charge on any atom is -0.0654 e. The van der Waals surface area contributed by atoms with E-state index in [1.807, 2.05) is 0 Å². The Morgan fingerprint density at radius 1 is 0.357 bits per heavy atom. The van der Waals surface area contributed by atoms with Crippen LogP contribution in [-0.4, -0.2) is 0 Å². The van der Waals surface area contributed by atoms with Gasteiger partial charge in [0.2, 0.25) is 0 Å². The molecule has 1 aromatic carbocycles. The van der Waals surface area contributed by atoms with Crippen LogP contribution in [0.15, 0.2) is 18.2 Å². The van der Waals surface area contributed by atoms with Gasteiger partial charge in [-0.3, -0.25) is 0 Å². The van der Waals surface area contributed by atoms with E-state index in [-0.39, 0.29) is 0 Å². The summed E-state index contributed by atoms with van der Waals surface area (Å²) in [6, 6.07) is 7.58. The molecule has 0 radical (unpaired) electrons. The van der Waals surface area contributed by atoms with Crippen LogP contribution >= 0.6 is 0 Å². The smallest absolute Gasteiger partial charge is 0.0279 e. The van der Waals surface area contributed by atoms with E-state index < -0.39 is 0 Å². The average molecular weight is 387 g/mol. The van der Waals surface area contributed by atoms with E-state index in [0.717, 1.165) is 0 Å². The second-order valence-electron chi connectivity index (χ2n) is 9.00. The molecule has 0 bridgehead atoms. The van der Waals surface area contributed by atoms with Gasteiger partial charge in [-0.15, -0.1) is 0 Å². The molecule has 0 heterocycles. The molecule has 0 spiro atoms. The largest absolute Gasteiger partial charge is 0.0654 e. The molecule has 1 aromatic rings. The molecule has 28 heavy (non-hydrogen) atoms. The Morgan fingerprint density at radius 3 is 0.929 bits per heavy atom. The lowest BCUT2D eigenvalue weighted by Gasteiger charge is -2.11. The van der Waals surface area contributed by atoms with Gasteiger partial charge in [-0.25, -0.2) is 0 Å². The van der Waals surface area contributed by atoms with Crippen LogP contribution in [0.25, 0.3) is 0 Å². The van der Waals surface area contributed by atoms with E-state index in [1.165, 1.54) is 122 Å². The lowest BCUT2D eigenvalue weighted by atomic mass is 9.95. The second-order valence-corrected chi connectivity index (χ2v) is 9.00. The van der Waals surface area contributed by atoms with Gasteiger partial charge < -0.3 is 0 Å². The van der Waals surface area contributed by atoms with E-state index >= 15 is 0 Å². The summed E-state index contributed by atoms with van der Waals surface area (Å²) in [5.41, 5.74) is 4.83. The topological polar surface area (TPSA) is 0 Å². The summed E-state index contributed by atoms with van der Waals surface area (Å²) >= 11 is 0. The number of rotatable bonds is 19. The maximum absolute atomic E-state index is 2.53. The lowest BCUT2D eigenvalue weighted by Crippen LogP contribution is -1.96. The van der Waals surface area contributed by atoms with Crippen molar-refractivity contribution in [3.8, 4) is 0 Å². The molecule has 0 aromatic heterocycles. The molecule has 0 N–H and O–H groups in total. The molecule has 0 aliphatic carbocycles. The maximum atomic E-state index is 2.53. The molecule has 0 amide bonds. The van der Waals surface area contributed by atoms with Crippen molar-refractivity contribution >= 4 is 0 Å². The molecule has 0 heteroatoms. The predicted octanol–water partition coefficient (Wildman–Crippen LogP) is 9.62. The highest BCUT2D eigenvalue weighted by Crippen LogP contribution is 2.19. The highest BCUT2D eigenvalue weighted by Gasteiger charge is 2.03. The fourth-order valence-electron chi connectivity index (χ4n) is 4.25. The van der Waals surface area contributed by atoms with Crippen molar-refractivity contribution in [2.45, 2.75) is 143 Å². The van der Waals surface area contributed by atoms with Crippen molar-refractivity contribution in [2.24, 2.45) is 0 Å². The zero-order valence-corrected chi connectivity index (χ0v) is 19.7. The van der Waals surface area contributed by atoms with Gasteiger partial charge in [0.25, 0.3) is 0 Å². The first-order valence-electron chi connectivity index (χ1n) is 12.9. The van der Waals surface area contributed by atoms with Gasteiger partial charge in [-0.1, -0.05) is 122 Å². The van der Waals surface area contributed by atoms with Gasteiger partial charge >= 0.3 is 0 Å². The van der Waals surface area contributed by atoms with E-state index in [2.05, 4.69) is 39.0 Å². The van der Waals surface area contributed by atoms with E-state index in [1.54, 1.807) is 16.7 Å². The summed E-state index contributed by atoms with van der Waals surface area (Å²) in [5, 5.41) is 0. The minimum absolute atomic E-state index is 1.28.